The number of hydrogen-bond donors (Lipinski definition) is 1. The number of rotatable bonds is 6. The van der Waals surface area contributed by atoms with E-state index in [1.165, 1.54) is 24.0 Å². The van der Waals surface area contributed by atoms with Crippen molar-refractivity contribution in [3.8, 4) is 11.5 Å². The molecule has 1 aromatic carbocycles. The fourth-order valence-corrected chi connectivity index (χ4v) is 3.18. The zero-order chi connectivity index (χ0) is 13.7. The minimum Gasteiger partial charge on any atom is -0.496 e. The molecule has 0 bridgehead atoms. The summed E-state index contributed by atoms with van der Waals surface area (Å²) in [6.07, 6.45) is 5.63. The van der Waals surface area contributed by atoms with Crippen molar-refractivity contribution in [1.82, 2.24) is 5.32 Å². The third kappa shape index (κ3) is 3.57. The van der Waals surface area contributed by atoms with Crippen LogP contribution in [0.1, 0.15) is 24.0 Å². The summed E-state index contributed by atoms with van der Waals surface area (Å²) in [5.74, 6) is 2.91. The van der Waals surface area contributed by atoms with E-state index in [9.17, 15) is 0 Å². The highest BCUT2D eigenvalue weighted by Crippen LogP contribution is 2.32. The second-order valence-corrected chi connectivity index (χ2v) is 5.77. The number of hydrogen-bond acceptors (Lipinski definition) is 4. The Labute approximate surface area is 120 Å². The van der Waals surface area contributed by atoms with E-state index >= 15 is 0 Å². The van der Waals surface area contributed by atoms with E-state index in [4.69, 9.17) is 9.47 Å². The Morgan fingerprint density at radius 1 is 1.21 bits per heavy atom. The van der Waals surface area contributed by atoms with Gasteiger partial charge in [0.15, 0.2) is 0 Å². The van der Waals surface area contributed by atoms with E-state index in [0.717, 1.165) is 30.2 Å². The zero-order valence-electron chi connectivity index (χ0n) is 12.0. The van der Waals surface area contributed by atoms with Crippen LogP contribution in [0.15, 0.2) is 12.1 Å². The first-order valence-electron chi connectivity index (χ1n) is 6.74. The third-order valence-electron chi connectivity index (χ3n) is 3.61. The summed E-state index contributed by atoms with van der Waals surface area (Å²) in [5, 5.41) is 3.53. The molecule has 19 heavy (non-hydrogen) atoms. The molecule has 1 aliphatic heterocycles. The topological polar surface area (TPSA) is 30.5 Å². The number of ether oxygens (including phenoxy) is 2. The SMILES string of the molecule is COc1cc(CC2CCCN2)c(OC)cc1CSC. The van der Waals surface area contributed by atoms with Crippen LogP contribution in [0.2, 0.25) is 0 Å². The van der Waals surface area contributed by atoms with Gasteiger partial charge in [0.05, 0.1) is 14.2 Å². The normalized spacial score (nSPS) is 18.6. The van der Waals surface area contributed by atoms with Crippen molar-refractivity contribution < 1.29 is 9.47 Å². The molecule has 1 N–H and O–H groups in total. The summed E-state index contributed by atoms with van der Waals surface area (Å²) in [6.45, 7) is 1.13. The van der Waals surface area contributed by atoms with Crippen LogP contribution < -0.4 is 14.8 Å². The van der Waals surface area contributed by atoms with Gasteiger partial charge in [-0.05, 0) is 49.8 Å². The lowest BCUT2D eigenvalue weighted by atomic mass is 10.0. The summed E-state index contributed by atoms with van der Waals surface area (Å²) >= 11 is 1.79. The Hall–Kier alpha value is -0.870. The molecule has 0 amide bonds. The summed E-state index contributed by atoms with van der Waals surface area (Å²) in [6, 6.07) is 4.84. The molecule has 1 atom stereocenters. The average Bonchev–Trinajstić information content (AvgIpc) is 2.93. The maximum Gasteiger partial charge on any atom is 0.123 e. The molecule has 4 heteroatoms. The Balaban J connectivity index is 2.24. The molecule has 1 heterocycles. The van der Waals surface area contributed by atoms with Gasteiger partial charge in [-0.3, -0.25) is 0 Å². The van der Waals surface area contributed by atoms with Gasteiger partial charge in [-0.2, -0.15) is 11.8 Å². The minimum absolute atomic E-state index is 0.574. The van der Waals surface area contributed by atoms with Gasteiger partial charge in [0.1, 0.15) is 11.5 Å². The van der Waals surface area contributed by atoms with Crippen molar-refractivity contribution in [2.75, 3.05) is 27.0 Å². The van der Waals surface area contributed by atoms with Crippen molar-refractivity contribution >= 4 is 11.8 Å². The second kappa shape index (κ2) is 7.06. The van der Waals surface area contributed by atoms with Crippen LogP contribution in [0.4, 0.5) is 0 Å². The fourth-order valence-electron chi connectivity index (χ4n) is 2.65. The highest BCUT2D eigenvalue weighted by molar-refractivity contribution is 7.97. The molecule has 3 nitrogen and oxygen atoms in total. The van der Waals surface area contributed by atoms with Crippen LogP contribution in [0, 0.1) is 0 Å². The standard InChI is InChI=1S/C15H23NO2S/c1-17-14-9-12(10-19-3)15(18-2)8-11(14)7-13-5-4-6-16-13/h8-9,13,16H,4-7,10H2,1-3H3. The van der Waals surface area contributed by atoms with E-state index in [1.54, 1.807) is 26.0 Å². The molecular weight excluding hydrogens is 258 g/mol. The summed E-state index contributed by atoms with van der Waals surface area (Å²) in [5.41, 5.74) is 2.44. The van der Waals surface area contributed by atoms with E-state index in [2.05, 4.69) is 23.7 Å². The van der Waals surface area contributed by atoms with Gasteiger partial charge in [0.2, 0.25) is 0 Å². The second-order valence-electron chi connectivity index (χ2n) is 4.91. The summed E-state index contributed by atoms with van der Waals surface area (Å²) < 4.78 is 11.1. The van der Waals surface area contributed by atoms with Crippen LogP contribution in [0.25, 0.3) is 0 Å². The van der Waals surface area contributed by atoms with Crippen LogP contribution in [0.5, 0.6) is 11.5 Å². The van der Waals surface area contributed by atoms with Crippen LogP contribution in [0.3, 0.4) is 0 Å². The summed E-state index contributed by atoms with van der Waals surface area (Å²) in [4.78, 5) is 0. The molecule has 1 aliphatic rings. The van der Waals surface area contributed by atoms with Crippen LogP contribution in [-0.4, -0.2) is 33.1 Å². The lowest BCUT2D eigenvalue weighted by molar-refractivity contribution is 0.394. The Morgan fingerprint density at radius 3 is 2.47 bits per heavy atom. The largest absolute Gasteiger partial charge is 0.496 e. The van der Waals surface area contributed by atoms with E-state index in [0.29, 0.717) is 6.04 Å². The van der Waals surface area contributed by atoms with Crippen molar-refractivity contribution in [2.45, 2.75) is 31.1 Å². The van der Waals surface area contributed by atoms with E-state index in [1.807, 2.05) is 0 Å². The van der Waals surface area contributed by atoms with E-state index in [-0.39, 0.29) is 0 Å². The smallest absolute Gasteiger partial charge is 0.123 e. The van der Waals surface area contributed by atoms with Crippen LogP contribution >= 0.6 is 11.8 Å². The molecule has 0 aromatic heterocycles. The number of benzene rings is 1. The molecular formula is C15H23NO2S. The molecule has 0 radical (unpaired) electrons. The van der Waals surface area contributed by atoms with Crippen molar-refractivity contribution in [3.63, 3.8) is 0 Å². The number of methoxy groups -OCH3 is 2. The lowest BCUT2D eigenvalue weighted by Crippen LogP contribution is -2.23. The van der Waals surface area contributed by atoms with Gasteiger partial charge >= 0.3 is 0 Å². The molecule has 0 saturated carbocycles. The number of nitrogens with one attached hydrogen (secondary N) is 1. The van der Waals surface area contributed by atoms with Crippen molar-refractivity contribution in [2.24, 2.45) is 0 Å². The predicted molar refractivity (Wildman–Crippen MR) is 81.5 cm³/mol. The zero-order valence-corrected chi connectivity index (χ0v) is 12.8. The van der Waals surface area contributed by atoms with Crippen molar-refractivity contribution in [3.05, 3.63) is 23.3 Å². The predicted octanol–water partition coefficient (Wildman–Crippen LogP) is 2.86. The Morgan fingerprint density at radius 2 is 1.89 bits per heavy atom. The first kappa shape index (κ1) is 14.5. The fraction of sp³-hybridized carbons (Fsp3) is 0.600. The van der Waals surface area contributed by atoms with Gasteiger partial charge < -0.3 is 14.8 Å². The third-order valence-corrected chi connectivity index (χ3v) is 4.21. The first-order chi connectivity index (χ1) is 9.28. The minimum atomic E-state index is 0.574. The van der Waals surface area contributed by atoms with Gasteiger partial charge in [0, 0.05) is 17.4 Å². The Kier molecular flexibility index (Phi) is 5.40. The maximum atomic E-state index is 5.55. The molecule has 0 spiro atoms. The highest BCUT2D eigenvalue weighted by Gasteiger charge is 2.18. The molecule has 1 saturated heterocycles. The first-order valence-corrected chi connectivity index (χ1v) is 8.14. The van der Waals surface area contributed by atoms with Gasteiger partial charge in [0.25, 0.3) is 0 Å². The molecule has 2 rings (SSSR count). The van der Waals surface area contributed by atoms with Crippen LogP contribution in [-0.2, 0) is 12.2 Å². The van der Waals surface area contributed by atoms with Gasteiger partial charge in [-0.1, -0.05) is 0 Å². The maximum absolute atomic E-state index is 5.55. The molecule has 1 unspecified atom stereocenters. The number of thioether (sulfide) groups is 1. The highest BCUT2D eigenvalue weighted by atomic mass is 32.2. The molecule has 1 fully saturated rings. The molecule has 1 aromatic rings. The van der Waals surface area contributed by atoms with Gasteiger partial charge in [-0.15, -0.1) is 0 Å². The Bertz CT molecular complexity index is 417. The molecule has 106 valence electrons. The lowest BCUT2D eigenvalue weighted by Gasteiger charge is -2.17. The average molecular weight is 281 g/mol. The monoisotopic (exact) mass is 281 g/mol. The summed E-state index contributed by atoms with van der Waals surface area (Å²) in [7, 11) is 3.49. The van der Waals surface area contributed by atoms with E-state index < -0.39 is 0 Å². The molecule has 0 aliphatic carbocycles. The quantitative estimate of drug-likeness (QED) is 0.868. The van der Waals surface area contributed by atoms with Crippen molar-refractivity contribution in [1.29, 1.82) is 0 Å². The van der Waals surface area contributed by atoms with Gasteiger partial charge in [-0.25, -0.2) is 0 Å².